The molecule has 0 aliphatic rings. The zero-order valence-corrected chi connectivity index (χ0v) is 13.1. The Morgan fingerprint density at radius 2 is 2.00 bits per heavy atom. The Bertz CT molecular complexity index is 620. The molecule has 2 aromatic rings. The lowest BCUT2D eigenvalue weighted by molar-refractivity contribution is 0.413. The number of aromatic nitrogens is 2. The molecular weight excluding hydrogens is 290 g/mol. The van der Waals surface area contributed by atoms with Crippen molar-refractivity contribution in [2.75, 3.05) is 26.1 Å². The molecule has 0 amide bonds. The topological polar surface area (TPSA) is 56.3 Å². The molecule has 0 bridgehead atoms. The average molecular weight is 308 g/mol. The zero-order valence-electron chi connectivity index (χ0n) is 12.3. The number of hydrogen-bond acceptors (Lipinski definition) is 5. The van der Waals surface area contributed by atoms with Crippen LogP contribution in [0.2, 0.25) is 5.02 Å². The summed E-state index contributed by atoms with van der Waals surface area (Å²) in [6.45, 7) is 2.91. The first-order valence-electron chi connectivity index (χ1n) is 6.68. The third kappa shape index (κ3) is 3.36. The maximum absolute atomic E-state index is 6.06. The molecule has 0 saturated carbocycles. The summed E-state index contributed by atoms with van der Waals surface area (Å²) < 4.78 is 10.7. The van der Waals surface area contributed by atoms with Crippen LogP contribution >= 0.6 is 11.6 Å². The Morgan fingerprint density at radius 3 is 2.67 bits per heavy atom. The van der Waals surface area contributed by atoms with Gasteiger partial charge in [0.15, 0.2) is 11.6 Å². The van der Waals surface area contributed by atoms with Crippen LogP contribution in [0.15, 0.2) is 24.5 Å². The lowest BCUT2D eigenvalue weighted by atomic mass is 10.1. The van der Waals surface area contributed by atoms with Crippen molar-refractivity contribution in [2.45, 2.75) is 13.3 Å². The number of ether oxygens (including phenoxy) is 2. The largest absolute Gasteiger partial charge is 0.495 e. The fourth-order valence-corrected chi connectivity index (χ4v) is 2.14. The van der Waals surface area contributed by atoms with Crippen molar-refractivity contribution in [2.24, 2.45) is 0 Å². The Hall–Kier alpha value is -2.01. The van der Waals surface area contributed by atoms with Crippen LogP contribution in [0.25, 0.3) is 11.3 Å². The first-order chi connectivity index (χ1) is 10.2. The summed E-state index contributed by atoms with van der Waals surface area (Å²) in [7, 11) is 3.18. The van der Waals surface area contributed by atoms with E-state index in [9.17, 15) is 0 Å². The molecule has 5 nitrogen and oxygen atoms in total. The summed E-state index contributed by atoms with van der Waals surface area (Å²) in [6.07, 6.45) is 2.51. The van der Waals surface area contributed by atoms with Crippen molar-refractivity contribution in [3.63, 3.8) is 0 Å². The fourth-order valence-electron chi connectivity index (χ4n) is 1.95. The standard InChI is InChI=1S/C15H18ClN3O2/c1-4-7-17-15-14(21-3)13(18-9-19-15)10-5-6-11(16)12(8-10)20-2/h5-6,8-9H,4,7H2,1-3H3,(H,17,18,19). The molecule has 0 fully saturated rings. The zero-order chi connectivity index (χ0) is 15.2. The number of nitrogens with one attached hydrogen (secondary N) is 1. The molecule has 0 spiro atoms. The molecule has 21 heavy (non-hydrogen) atoms. The third-order valence-corrected chi connectivity index (χ3v) is 3.29. The quantitative estimate of drug-likeness (QED) is 0.883. The number of methoxy groups -OCH3 is 2. The van der Waals surface area contributed by atoms with Crippen molar-refractivity contribution in [3.05, 3.63) is 29.5 Å². The molecule has 0 atom stereocenters. The Kier molecular flexibility index (Phi) is 5.22. The van der Waals surface area contributed by atoms with Crippen LogP contribution in [0.5, 0.6) is 11.5 Å². The number of halogens is 1. The summed E-state index contributed by atoms with van der Waals surface area (Å²) in [4.78, 5) is 8.55. The van der Waals surface area contributed by atoms with E-state index in [4.69, 9.17) is 21.1 Å². The van der Waals surface area contributed by atoms with E-state index in [2.05, 4.69) is 22.2 Å². The number of benzene rings is 1. The van der Waals surface area contributed by atoms with Gasteiger partial charge in [-0.05, 0) is 18.6 Å². The average Bonchev–Trinajstić information content (AvgIpc) is 2.53. The minimum Gasteiger partial charge on any atom is -0.495 e. The SMILES string of the molecule is CCCNc1ncnc(-c2ccc(Cl)c(OC)c2)c1OC. The van der Waals surface area contributed by atoms with E-state index in [1.807, 2.05) is 12.1 Å². The van der Waals surface area contributed by atoms with Crippen LogP contribution in [0.1, 0.15) is 13.3 Å². The molecule has 1 N–H and O–H groups in total. The van der Waals surface area contributed by atoms with Crippen LogP contribution in [-0.4, -0.2) is 30.7 Å². The molecule has 1 heterocycles. The molecule has 0 unspecified atom stereocenters. The monoisotopic (exact) mass is 307 g/mol. The second-order valence-corrected chi connectivity index (χ2v) is 4.79. The van der Waals surface area contributed by atoms with Crippen molar-refractivity contribution in [3.8, 4) is 22.8 Å². The maximum atomic E-state index is 6.06. The van der Waals surface area contributed by atoms with Crippen LogP contribution in [0, 0.1) is 0 Å². The fraction of sp³-hybridized carbons (Fsp3) is 0.333. The highest BCUT2D eigenvalue weighted by Gasteiger charge is 2.15. The van der Waals surface area contributed by atoms with Crippen LogP contribution in [-0.2, 0) is 0 Å². The molecule has 0 saturated heterocycles. The van der Waals surface area contributed by atoms with Crippen LogP contribution in [0.4, 0.5) is 5.82 Å². The minimum absolute atomic E-state index is 0.554. The summed E-state index contributed by atoms with van der Waals surface area (Å²) in [5, 5.41) is 3.78. The van der Waals surface area contributed by atoms with E-state index in [1.54, 1.807) is 20.3 Å². The Balaban J connectivity index is 2.47. The van der Waals surface area contributed by atoms with Gasteiger partial charge < -0.3 is 14.8 Å². The molecule has 0 aliphatic carbocycles. The van der Waals surface area contributed by atoms with Gasteiger partial charge >= 0.3 is 0 Å². The van der Waals surface area contributed by atoms with E-state index in [0.29, 0.717) is 28.0 Å². The molecule has 1 aromatic heterocycles. The summed E-state index contributed by atoms with van der Waals surface area (Å²) in [6, 6.07) is 5.48. The Labute approximate surface area is 129 Å². The van der Waals surface area contributed by atoms with Gasteiger partial charge in [0, 0.05) is 12.1 Å². The molecule has 2 rings (SSSR count). The van der Waals surface area contributed by atoms with Crippen LogP contribution in [0.3, 0.4) is 0 Å². The first kappa shape index (κ1) is 15.4. The van der Waals surface area contributed by atoms with Crippen molar-refractivity contribution in [1.82, 2.24) is 9.97 Å². The van der Waals surface area contributed by atoms with Gasteiger partial charge in [0.2, 0.25) is 0 Å². The Morgan fingerprint density at radius 1 is 1.19 bits per heavy atom. The molecule has 0 aliphatic heterocycles. The van der Waals surface area contributed by atoms with Crippen molar-refractivity contribution < 1.29 is 9.47 Å². The number of rotatable bonds is 6. The van der Waals surface area contributed by atoms with Crippen molar-refractivity contribution >= 4 is 17.4 Å². The molecule has 112 valence electrons. The summed E-state index contributed by atoms with van der Waals surface area (Å²) in [5.74, 6) is 1.88. The molecular formula is C15H18ClN3O2. The van der Waals surface area contributed by atoms with E-state index < -0.39 is 0 Å². The highest BCUT2D eigenvalue weighted by molar-refractivity contribution is 6.32. The second-order valence-electron chi connectivity index (χ2n) is 4.38. The van der Waals surface area contributed by atoms with Gasteiger partial charge in [0.05, 0.1) is 19.2 Å². The molecule has 0 radical (unpaired) electrons. The second kappa shape index (κ2) is 7.13. The maximum Gasteiger partial charge on any atom is 0.187 e. The van der Waals surface area contributed by atoms with Gasteiger partial charge in [-0.3, -0.25) is 0 Å². The minimum atomic E-state index is 0.554. The van der Waals surface area contributed by atoms with Gasteiger partial charge in [-0.2, -0.15) is 0 Å². The highest BCUT2D eigenvalue weighted by Crippen LogP contribution is 2.36. The van der Waals surface area contributed by atoms with Gasteiger partial charge in [0.1, 0.15) is 17.8 Å². The lowest BCUT2D eigenvalue weighted by Gasteiger charge is -2.13. The van der Waals surface area contributed by atoms with E-state index in [0.717, 1.165) is 18.5 Å². The van der Waals surface area contributed by atoms with Gasteiger partial charge in [-0.1, -0.05) is 24.6 Å². The van der Waals surface area contributed by atoms with E-state index in [-0.39, 0.29) is 0 Å². The first-order valence-corrected chi connectivity index (χ1v) is 7.05. The molecule has 6 heteroatoms. The predicted molar refractivity (Wildman–Crippen MR) is 84.4 cm³/mol. The third-order valence-electron chi connectivity index (χ3n) is 2.97. The lowest BCUT2D eigenvalue weighted by Crippen LogP contribution is -2.05. The van der Waals surface area contributed by atoms with E-state index in [1.165, 1.54) is 6.33 Å². The number of nitrogens with zero attached hydrogens (tertiary/aromatic N) is 2. The molecule has 1 aromatic carbocycles. The van der Waals surface area contributed by atoms with Gasteiger partial charge in [-0.15, -0.1) is 0 Å². The summed E-state index contributed by atoms with van der Waals surface area (Å²) in [5.41, 5.74) is 1.55. The number of anilines is 1. The predicted octanol–water partition coefficient (Wildman–Crippen LogP) is 3.64. The summed E-state index contributed by atoms with van der Waals surface area (Å²) >= 11 is 6.06. The van der Waals surface area contributed by atoms with Crippen LogP contribution < -0.4 is 14.8 Å². The van der Waals surface area contributed by atoms with Gasteiger partial charge in [0.25, 0.3) is 0 Å². The van der Waals surface area contributed by atoms with Gasteiger partial charge in [-0.25, -0.2) is 9.97 Å². The smallest absolute Gasteiger partial charge is 0.187 e. The van der Waals surface area contributed by atoms with E-state index >= 15 is 0 Å². The van der Waals surface area contributed by atoms with Crippen molar-refractivity contribution in [1.29, 1.82) is 0 Å². The normalized spacial score (nSPS) is 10.3. The highest BCUT2D eigenvalue weighted by atomic mass is 35.5. The number of hydrogen-bond donors (Lipinski definition) is 1.